The number of hydrogen-bond acceptors (Lipinski definition) is 3. The first-order valence-corrected chi connectivity index (χ1v) is 7.67. The molecule has 1 unspecified atom stereocenters. The number of fused-ring (bicyclic) bond motifs is 1. The maximum Gasteiger partial charge on any atom is 0.128 e. The lowest BCUT2D eigenvalue weighted by molar-refractivity contribution is 0.138. The Morgan fingerprint density at radius 3 is 2.95 bits per heavy atom. The van der Waals surface area contributed by atoms with Gasteiger partial charge in [-0.25, -0.2) is 4.98 Å². The molecule has 112 valence electrons. The van der Waals surface area contributed by atoms with E-state index >= 15 is 0 Å². The summed E-state index contributed by atoms with van der Waals surface area (Å²) in [6, 6.07) is 8.93. The van der Waals surface area contributed by atoms with Crippen LogP contribution in [0.5, 0.6) is 0 Å². The van der Waals surface area contributed by atoms with E-state index in [1.165, 1.54) is 11.1 Å². The Morgan fingerprint density at radius 1 is 1.43 bits per heavy atom. The van der Waals surface area contributed by atoms with Crippen LogP contribution in [0, 0.1) is 0 Å². The summed E-state index contributed by atoms with van der Waals surface area (Å²) >= 11 is 6.06. The highest BCUT2D eigenvalue weighted by Gasteiger charge is 2.28. The van der Waals surface area contributed by atoms with Gasteiger partial charge in [0.2, 0.25) is 0 Å². The summed E-state index contributed by atoms with van der Waals surface area (Å²) in [6.07, 6.45) is 3.87. The predicted molar refractivity (Wildman–Crippen MR) is 83.2 cm³/mol. The van der Waals surface area contributed by atoms with Gasteiger partial charge < -0.3 is 9.67 Å². The molecule has 0 radical (unpaired) electrons. The summed E-state index contributed by atoms with van der Waals surface area (Å²) in [5, 5.41) is 10.0. The maximum atomic E-state index is 9.40. The van der Waals surface area contributed by atoms with E-state index in [1.807, 2.05) is 11.6 Å². The van der Waals surface area contributed by atoms with Gasteiger partial charge in [0.05, 0.1) is 19.3 Å². The molecule has 0 saturated heterocycles. The molecule has 1 heterocycles. The summed E-state index contributed by atoms with van der Waals surface area (Å²) in [5.41, 5.74) is 2.80. The average molecular weight is 306 g/mol. The summed E-state index contributed by atoms with van der Waals surface area (Å²) in [5.74, 6) is 0.929. The number of hydrogen-bond donors (Lipinski definition) is 1. The Balaban J connectivity index is 1.84. The quantitative estimate of drug-likeness (QED) is 0.923. The lowest BCUT2D eigenvalue weighted by atomic mass is 10.1. The van der Waals surface area contributed by atoms with Crippen LogP contribution in [0.1, 0.15) is 29.4 Å². The number of rotatable bonds is 5. The van der Waals surface area contributed by atoms with Crippen LogP contribution in [0.3, 0.4) is 0 Å². The second kappa shape index (κ2) is 6.18. The van der Waals surface area contributed by atoms with Crippen molar-refractivity contribution in [1.82, 2.24) is 14.5 Å². The second-order valence-corrected chi connectivity index (χ2v) is 5.89. The molecule has 0 bridgehead atoms. The third kappa shape index (κ3) is 2.84. The Kier molecular flexibility index (Phi) is 4.29. The fourth-order valence-corrected chi connectivity index (χ4v) is 3.29. The highest BCUT2D eigenvalue weighted by Crippen LogP contribution is 2.36. The Bertz CT molecular complexity index is 626. The van der Waals surface area contributed by atoms with Gasteiger partial charge in [-0.3, -0.25) is 4.90 Å². The van der Waals surface area contributed by atoms with Crippen molar-refractivity contribution < 1.29 is 5.11 Å². The van der Waals surface area contributed by atoms with Crippen LogP contribution < -0.4 is 0 Å². The van der Waals surface area contributed by atoms with Gasteiger partial charge in [0.15, 0.2) is 0 Å². The van der Waals surface area contributed by atoms with Crippen LogP contribution in [0.15, 0.2) is 30.5 Å². The summed E-state index contributed by atoms with van der Waals surface area (Å²) in [6.45, 7) is 1.49. The van der Waals surface area contributed by atoms with Gasteiger partial charge in [-0.05, 0) is 24.0 Å². The van der Waals surface area contributed by atoms with Gasteiger partial charge in [0.1, 0.15) is 11.0 Å². The van der Waals surface area contributed by atoms with E-state index in [-0.39, 0.29) is 6.61 Å². The zero-order valence-corrected chi connectivity index (χ0v) is 12.9. The van der Waals surface area contributed by atoms with Crippen molar-refractivity contribution in [2.24, 2.45) is 7.05 Å². The van der Waals surface area contributed by atoms with Crippen LogP contribution in [-0.4, -0.2) is 32.7 Å². The zero-order chi connectivity index (χ0) is 14.8. The number of aliphatic hydroxyl groups excluding tert-OH is 1. The van der Waals surface area contributed by atoms with E-state index < -0.39 is 0 Å². The van der Waals surface area contributed by atoms with Crippen LogP contribution in [0.4, 0.5) is 0 Å². The predicted octanol–water partition coefficient (Wildman–Crippen LogP) is 2.56. The Hall–Kier alpha value is -1.36. The highest BCUT2D eigenvalue weighted by molar-refractivity contribution is 6.29. The normalized spacial score (nSPS) is 17.4. The Morgan fingerprint density at radius 2 is 2.24 bits per heavy atom. The van der Waals surface area contributed by atoms with Crippen molar-refractivity contribution in [2.45, 2.75) is 25.4 Å². The van der Waals surface area contributed by atoms with Gasteiger partial charge in [-0.15, -0.1) is 0 Å². The SMILES string of the molecule is Cn1c(Cl)cnc1CN(CCO)C1CCc2ccccc21. The molecule has 0 amide bonds. The monoisotopic (exact) mass is 305 g/mol. The minimum atomic E-state index is 0.150. The van der Waals surface area contributed by atoms with Gasteiger partial charge in [-0.2, -0.15) is 0 Å². The number of aryl methyl sites for hydroxylation is 1. The number of nitrogens with zero attached hydrogens (tertiary/aromatic N) is 3. The molecule has 0 spiro atoms. The second-order valence-electron chi connectivity index (χ2n) is 5.50. The van der Waals surface area contributed by atoms with Crippen LogP contribution in [0.25, 0.3) is 0 Å². The van der Waals surface area contributed by atoms with E-state index in [0.717, 1.165) is 18.7 Å². The van der Waals surface area contributed by atoms with Crippen LogP contribution in [-0.2, 0) is 20.0 Å². The molecule has 1 aromatic heterocycles. The molecular formula is C16H20ClN3O. The minimum absolute atomic E-state index is 0.150. The van der Waals surface area contributed by atoms with Crippen LogP contribution >= 0.6 is 11.6 Å². The number of benzene rings is 1. The molecule has 0 fully saturated rings. The lowest BCUT2D eigenvalue weighted by Gasteiger charge is -2.28. The minimum Gasteiger partial charge on any atom is -0.395 e. The zero-order valence-electron chi connectivity index (χ0n) is 12.2. The molecule has 1 aliphatic rings. The molecule has 4 nitrogen and oxygen atoms in total. The maximum absolute atomic E-state index is 9.40. The number of halogens is 1. The summed E-state index contributed by atoms with van der Waals surface area (Å²) in [4.78, 5) is 6.67. The van der Waals surface area contributed by atoms with E-state index in [9.17, 15) is 5.11 Å². The molecule has 1 aliphatic carbocycles. The number of imidazole rings is 1. The van der Waals surface area contributed by atoms with Gasteiger partial charge in [-0.1, -0.05) is 35.9 Å². The molecule has 1 N–H and O–H groups in total. The van der Waals surface area contributed by atoms with E-state index in [0.29, 0.717) is 24.3 Å². The third-order valence-electron chi connectivity index (χ3n) is 4.30. The van der Waals surface area contributed by atoms with Crippen molar-refractivity contribution in [1.29, 1.82) is 0 Å². The molecular weight excluding hydrogens is 286 g/mol. The molecule has 0 saturated carbocycles. The van der Waals surface area contributed by atoms with E-state index in [2.05, 4.69) is 34.1 Å². The third-order valence-corrected chi connectivity index (χ3v) is 4.65. The standard InChI is InChI=1S/C16H20ClN3O/c1-19-15(17)10-18-16(19)11-20(8-9-21)14-7-6-12-4-2-3-5-13(12)14/h2-5,10,14,21H,6-9,11H2,1H3. The highest BCUT2D eigenvalue weighted by atomic mass is 35.5. The van der Waals surface area contributed by atoms with E-state index in [4.69, 9.17) is 11.6 Å². The first-order chi connectivity index (χ1) is 10.2. The first-order valence-electron chi connectivity index (χ1n) is 7.29. The van der Waals surface area contributed by atoms with Crippen molar-refractivity contribution in [3.63, 3.8) is 0 Å². The summed E-state index contributed by atoms with van der Waals surface area (Å²) < 4.78 is 1.90. The molecule has 21 heavy (non-hydrogen) atoms. The van der Waals surface area contributed by atoms with E-state index in [1.54, 1.807) is 6.20 Å². The molecule has 3 rings (SSSR count). The molecule has 1 aromatic carbocycles. The van der Waals surface area contributed by atoms with Gasteiger partial charge in [0, 0.05) is 19.6 Å². The number of aliphatic hydroxyl groups is 1. The van der Waals surface area contributed by atoms with Crippen LogP contribution in [0.2, 0.25) is 5.15 Å². The fourth-order valence-electron chi connectivity index (χ4n) is 3.14. The molecule has 1 atom stereocenters. The smallest absolute Gasteiger partial charge is 0.128 e. The lowest BCUT2D eigenvalue weighted by Crippen LogP contribution is -2.31. The topological polar surface area (TPSA) is 41.3 Å². The van der Waals surface area contributed by atoms with Crippen molar-refractivity contribution in [3.05, 3.63) is 52.6 Å². The first kappa shape index (κ1) is 14.6. The molecule has 5 heteroatoms. The largest absolute Gasteiger partial charge is 0.395 e. The van der Waals surface area contributed by atoms with Crippen molar-refractivity contribution in [2.75, 3.05) is 13.2 Å². The van der Waals surface area contributed by atoms with Gasteiger partial charge >= 0.3 is 0 Å². The van der Waals surface area contributed by atoms with Crippen molar-refractivity contribution >= 4 is 11.6 Å². The molecule has 2 aromatic rings. The summed E-state index contributed by atoms with van der Waals surface area (Å²) in [7, 11) is 1.92. The Labute approximate surface area is 130 Å². The fraction of sp³-hybridized carbons (Fsp3) is 0.438. The van der Waals surface area contributed by atoms with Crippen molar-refractivity contribution in [3.8, 4) is 0 Å². The molecule has 0 aliphatic heterocycles. The average Bonchev–Trinajstić information content (AvgIpc) is 3.05. The van der Waals surface area contributed by atoms with Gasteiger partial charge in [0.25, 0.3) is 0 Å². The number of aromatic nitrogens is 2.